The van der Waals surface area contributed by atoms with Crippen molar-refractivity contribution in [2.24, 2.45) is 0 Å². The lowest BCUT2D eigenvalue weighted by Crippen LogP contribution is -2.00. The number of hydrogen-bond acceptors (Lipinski definition) is 1. The number of aryl methyl sites for hydroxylation is 1. The second kappa shape index (κ2) is 16.5. The number of benzene rings is 1. The van der Waals surface area contributed by atoms with Crippen molar-refractivity contribution in [3.63, 3.8) is 0 Å². The van der Waals surface area contributed by atoms with E-state index in [1.807, 2.05) is 0 Å². The molecule has 1 rings (SSSR count). The smallest absolute Gasteiger partial charge is 0.0372 e. The minimum absolute atomic E-state index is 1.01. The lowest BCUT2D eigenvalue weighted by atomic mass is 10.0. The molecule has 0 spiro atoms. The van der Waals surface area contributed by atoms with E-state index in [2.05, 4.69) is 43.4 Å². The van der Waals surface area contributed by atoms with Crippen LogP contribution in [0.15, 0.2) is 24.3 Å². The third kappa shape index (κ3) is 12.1. The SMILES string of the molecule is CCCCCCCCCCCCCCCCc1ccccc1NCC. The summed E-state index contributed by atoms with van der Waals surface area (Å²) in [5.41, 5.74) is 2.82. The van der Waals surface area contributed by atoms with Gasteiger partial charge < -0.3 is 5.32 Å². The number of rotatable bonds is 17. The van der Waals surface area contributed by atoms with Gasteiger partial charge in [-0.05, 0) is 31.4 Å². The lowest BCUT2D eigenvalue weighted by Gasteiger charge is -2.10. The topological polar surface area (TPSA) is 12.0 Å². The fourth-order valence-electron chi connectivity index (χ4n) is 3.61. The van der Waals surface area contributed by atoms with Gasteiger partial charge in [-0.25, -0.2) is 0 Å². The van der Waals surface area contributed by atoms with Crippen LogP contribution < -0.4 is 5.32 Å². The second-order valence-electron chi connectivity index (χ2n) is 7.53. The Labute approximate surface area is 158 Å². The molecule has 1 N–H and O–H groups in total. The predicted molar refractivity (Wildman–Crippen MR) is 115 cm³/mol. The number of unbranched alkanes of at least 4 members (excludes halogenated alkanes) is 13. The van der Waals surface area contributed by atoms with Crippen LogP contribution in [-0.2, 0) is 6.42 Å². The van der Waals surface area contributed by atoms with Crippen LogP contribution in [0.5, 0.6) is 0 Å². The standard InChI is InChI=1S/C24H43N/c1-3-5-6-7-8-9-10-11-12-13-14-15-16-17-20-23-21-18-19-22-24(23)25-4-2/h18-19,21-22,25H,3-17,20H2,1-2H3. The van der Waals surface area contributed by atoms with Gasteiger partial charge in [-0.15, -0.1) is 0 Å². The maximum Gasteiger partial charge on any atom is 0.0372 e. The van der Waals surface area contributed by atoms with Crippen molar-refractivity contribution in [2.75, 3.05) is 11.9 Å². The molecule has 1 aromatic rings. The fraction of sp³-hybridized carbons (Fsp3) is 0.750. The first-order valence-corrected chi connectivity index (χ1v) is 11.2. The average molecular weight is 346 g/mol. The van der Waals surface area contributed by atoms with E-state index in [1.54, 1.807) is 0 Å². The van der Waals surface area contributed by atoms with Crippen LogP contribution in [0.3, 0.4) is 0 Å². The van der Waals surface area contributed by atoms with Gasteiger partial charge in [0.1, 0.15) is 0 Å². The van der Waals surface area contributed by atoms with Crippen molar-refractivity contribution in [1.29, 1.82) is 0 Å². The molecule has 0 bridgehead atoms. The zero-order chi connectivity index (χ0) is 18.0. The summed E-state index contributed by atoms with van der Waals surface area (Å²) < 4.78 is 0. The highest BCUT2D eigenvalue weighted by atomic mass is 14.9. The Bertz CT molecular complexity index is 399. The summed E-state index contributed by atoms with van der Waals surface area (Å²) in [6.07, 6.45) is 21.3. The molecular weight excluding hydrogens is 302 g/mol. The third-order valence-corrected chi connectivity index (χ3v) is 5.18. The van der Waals surface area contributed by atoms with Gasteiger partial charge in [0, 0.05) is 12.2 Å². The summed E-state index contributed by atoms with van der Waals surface area (Å²) in [6.45, 7) is 5.47. The van der Waals surface area contributed by atoms with Crippen molar-refractivity contribution in [1.82, 2.24) is 0 Å². The molecule has 0 amide bonds. The Hall–Kier alpha value is -0.980. The largest absolute Gasteiger partial charge is 0.385 e. The summed E-state index contributed by atoms with van der Waals surface area (Å²) >= 11 is 0. The van der Waals surface area contributed by atoms with Crippen molar-refractivity contribution in [3.05, 3.63) is 29.8 Å². The van der Waals surface area contributed by atoms with E-state index >= 15 is 0 Å². The Morgan fingerprint density at radius 1 is 0.600 bits per heavy atom. The molecule has 0 saturated carbocycles. The van der Waals surface area contributed by atoms with Gasteiger partial charge in [-0.1, -0.05) is 109 Å². The first-order chi connectivity index (χ1) is 12.4. The number of hydrogen-bond donors (Lipinski definition) is 1. The van der Waals surface area contributed by atoms with Gasteiger partial charge in [-0.2, -0.15) is 0 Å². The summed E-state index contributed by atoms with van der Waals surface area (Å²) in [6, 6.07) is 8.79. The quantitative estimate of drug-likeness (QED) is 0.281. The van der Waals surface area contributed by atoms with E-state index in [9.17, 15) is 0 Å². The van der Waals surface area contributed by atoms with E-state index in [-0.39, 0.29) is 0 Å². The highest BCUT2D eigenvalue weighted by Gasteiger charge is 2.00. The molecular formula is C24H43N. The molecule has 0 aliphatic rings. The highest BCUT2D eigenvalue weighted by Crippen LogP contribution is 2.18. The van der Waals surface area contributed by atoms with Crippen LogP contribution in [0, 0.1) is 0 Å². The summed E-state index contributed by atoms with van der Waals surface area (Å²) in [7, 11) is 0. The first kappa shape index (κ1) is 22.1. The van der Waals surface area contributed by atoms with E-state index < -0.39 is 0 Å². The maximum absolute atomic E-state index is 3.48. The van der Waals surface area contributed by atoms with Crippen molar-refractivity contribution < 1.29 is 0 Å². The first-order valence-electron chi connectivity index (χ1n) is 11.2. The molecule has 0 aromatic heterocycles. The van der Waals surface area contributed by atoms with Gasteiger partial charge in [0.15, 0.2) is 0 Å². The predicted octanol–water partition coefficient (Wildman–Crippen LogP) is 8.14. The van der Waals surface area contributed by atoms with Crippen molar-refractivity contribution >= 4 is 5.69 Å². The molecule has 0 heterocycles. The third-order valence-electron chi connectivity index (χ3n) is 5.18. The van der Waals surface area contributed by atoms with E-state index in [0.717, 1.165) is 6.54 Å². The molecule has 0 fully saturated rings. The minimum Gasteiger partial charge on any atom is -0.385 e. The minimum atomic E-state index is 1.01. The normalized spacial score (nSPS) is 11.0. The molecule has 1 aromatic carbocycles. The molecule has 1 heteroatoms. The van der Waals surface area contributed by atoms with Gasteiger partial charge in [-0.3, -0.25) is 0 Å². The molecule has 144 valence electrons. The van der Waals surface area contributed by atoms with Gasteiger partial charge >= 0.3 is 0 Å². The van der Waals surface area contributed by atoms with Crippen molar-refractivity contribution in [2.45, 2.75) is 110 Å². The van der Waals surface area contributed by atoms with Crippen LogP contribution in [-0.4, -0.2) is 6.54 Å². The molecule has 0 unspecified atom stereocenters. The van der Waals surface area contributed by atoms with Gasteiger partial charge in [0.2, 0.25) is 0 Å². The van der Waals surface area contributed by atoms with E-state index in [1.165, 1.54) is 108 Å². The zero-order valence-corrected chi connectivity index (χ0v) is 17.1. The fourth-order valence-corrected chi connectivity index (χ4v) is 3.61. The molecule has 0 radical (unpaired) electrons. The Morgan fingerprint density at radius 2 is 1.08 bits per heavy atom. The molecule has 0 saturated heterocycles. The molecule has 0 aliphatic heterocycles. The van der Waals surface area contributed by atoms with Crippen LogP contribution >= 0.6 is 0 Å². The van der Waals surface area contributed by atoms with Crippen LogP contribution in [0.2, 0.25) is 0 Å². The monoisotopic (exact) mass is 345 g/mol. The number of nitrogens with one attached hydrogen (secondary N) is 1. The van der Waals surface area contributed by atoms with Gasteiger partial charge in [0.05, 0.1) is 0 Å². The van der Waals surface area contributed by atoms with E-state index in [0.29, 0.717) is 0 Å². The second-order valence-corrected chi connectivity index (χ2v) is 7.53. The molecule has 0 aliphatic carbocycles. The molecule has 0 atom stereocenters. The Morgan fingerprint density at radius 3 is 1.60 bits per heavy atom. The summed E-state index contributed by atoms with van der Waals surface area (Å²) in [4.78, 5) is 0. The van der Waals surface area contributed by atoms with Crippen LogP contribution in [0.4, 0.5) is 5.69 Å². The molecule has 1 nitrogen and oxygen atoms in total. The van der Waals surface area contributed by atoms with Crippen LogP contribution in [0.1, 0.15) is 109 Å². The summed E-state index contributed by atoms with van der Waals surface area (Å²) in [5, 5.41) is 3.48. The lowest BCUT2D eigenvalue weighted by molar-refractivity contribution is 0.535. The Balaban J connectivity index is 1.88. The number of para-hydroxylation sites is 1. The van der Waals surface area contributed by atoms with Gasteiger partial charge in [0.25, 0.3) is 0 Å². The van der Waals surface area contributed by atoms with E-state index in [4.69, 9.17) is 0 Å². The molecule has 25 heavy (non-hydrogen) atoms. The zero-order valence-electron chi connectivity index (χ0n) is 17.1. The average Bonchev–Trinajstić information content (AvgIpc) is 2.63. The number of anilines is 1. The highest BCUT2D eigenvalue weighted by molar-refractivity contribution is 5.50. The summed E-state index contributed by atoms with van der Waals surface area (Å²) in [5.74, 6) is 0. The maximum atomic E-state index is 3.48. The Kier molecular flexibility index (Phi) is 14.5. The van der Waals surface area contributed by atoms with Crippen molar-refractivity contribution in [3.8, 4) is 0 Å². The van der Waals surface area contributed by atoms with Crippen LogP contribution in [0.25, 0.3) is 0 Å².